The second-order valence-electron chi connectivity index (χ2n) is 8.19. The third-order valence-corrected chi connectivity index (χ3v) is 6.63. The molecule has 30 heavy (non-hydrogen) atoms. The third-order valence-electron chi connectivity index (χ3n) is 6.63. The lowest BCUT2D eigenvalue weighted by molar-refractivity contribution is 0.294. The summed E-state index contributed by atoms with van der Waals surface area (Å²) in [5.41, 5.74) is 7.72. The van der Waals surface area contributed by atoms with E-state index in [0.29, 0.717) is 5.89 Å². The molecule has 2 aromatic heterocycles. The van der Waals surface area contributed by atoms with Crippen LogP contribution in [0.5, 0.6) is 0 Å². The number of hydrogen-bond donors (Lipinski definition) is 0. The first-order valence-electron chi connectivity index (χ1n) is 11.1. The lowest BCUT2D eigenvalue weighted by Gasteiger charge is -2.18. The average Bonchev–Trinajstić information content (AvgIpc) is 3.50. The number of rotatable bonds is 7. The first-order valence-corrected chi connectivity index (χ1v) is 11.1. The van der Waals surface area contributed by atoms with Crippen molar-refractivity contribution in [3.05, 3.63) is 60.5 Å². The predicted molar refractivity (Wildman–Crippen MR) is 125 cm³/mol. The molecule has 0 N–H and O–H groups in total. The molecule has 2 aromatic carbocycles. The monoisotopic (exact) mass is 399 g/mol. The number of aryl methyl sites for hydroxylation is 2. The van der Waals surface area contributed by atoms with E-state index in [4.69, 9.17) is 4.42 Å². The second kappa shape index (κ2) is 7.77. The highest BCUT2D eigenvalue weighted by molar-refractivity contribution is 6.12. The van der Waals surface area contributed by atoms with E-state index >= 15 is 0 Å². The minimum Gasteiger partial charge on any atom is -0.445 e. The number of allylic oxidation sites excluding steroid dienone is 1. The number of oxazole rings is 1. The van der Waals surface area contributed by atoms with Crippen molar-refractivity contribution in [1.82, 2.24) is 14.5 Å². The van der Waals surface area contributed by atoms with E-state index < -0.39 is 0 Å². The summed E-state index contributed by atoms with van der Waals surface area (Å²) in [6.45, 7) is 13.2. The van der Waals surface area contributed by atoms with Gasteiger partial charge in [-0.3, -0.25) is 0 Å². The Morgan fingerprint density at radius 2 is 1.93 bits per heavy atom. The molecule has 0 amide bonds. The molecule has 0 atom stereocenters. The van der Waals surface area contributed by atoms with E-state index in [1.807, 2.05) is 0 Å². The van der Waals surface area contributed by atoms with Crippen LogP contribution in [0, 0.1) is 0 Å². The molecule has 4 heteroatoms. The summed E-state index contributed by atoms with van der Waals surface area (Å²) in [7, 11) is 0. The smallest absolute Gasteiger partial charge is 0.225 e. The Labute approximate surface area is 177 Å². The van der Waals surface area contributed by atoms with E-state index in [1.165, 1.54) is 38.5 Å². The molecular formula is C26H29N3O. The van der Waals surface area contributed by atoms with E-state index in [9.17, 15) is 0 Å². The summed E-state index contributed by atoms with van der Waals surface area (Å²) in [4.78, 5) is 6.86. The maximum atomic E-state index is 5.58. The van der Waals surface area contributed by atoms with Crippen LogP contribution in [0.1, 0.15) is 37.8 Å². The molecule has 4 aromatic rings. The lowest BCUT2D eigenvalue weighted by atomic mass is 10.0. The molecular weight excluding hydrogens is 370 g/mol. The van der Waals surface area contributed by atoms with Gasteiger partial charge in [0.2, 0.25) is 5.89 Å². The normalized spacial score (nSPS) is 13.8. The standard InChI is InChI=1S/C26H29N3O/c1-4-28(5-2)14-6-15-29-23-11-8-19(26-27-13-16-30-26)17-22(23)25-21-9-7-18(3)20(21)10-12-24(25)29/h8,10-13,16-17H,3-7,9,14-15H2,1-2H3. The molecule has 154 valence electrons. The zero-order valence-corrected chi connectivity index (χ0v) is 17.9. The van der Waals surface area contributed by atoms with Crippen molar-refractivity contribution in [3.63, 3.8) is 0 Å². The Hall–Kier alpha value is -2.85. The Morgan fingerprint density at radius 1 is 1.10 bits per heavy atom. The van der Waals surface area contributed by atoms with Gasteiger partial charge in [0.1, 0.15) is 6.26 Å². The van der Waals surface area contributed by atoms with Crippen LogP contribution in [-0.2, 0) is 13.0 Å². The zero-order chi connectivity index (χ0) is 20.7. The van der Waals surface area contributed by atoms with Crippen LogP contribution in [0.3, 0.4) is 0 Å². The van der Waals surface area contributed by atoms with E-state index in [2.05, 4.69) is 65.2 Å². The highest BCUT2D eigenvalue weighted by Crippen LogP contribution is 2.41. The number of hydrogen-bond acceptors (Lipinski definition) is 3. The number of aromatic nitrogens is 2. The Morgan fingerprint density at radius 3 is 2.70 bits per heavy atom. The molecule has 5 rings (SSSR count). The van der Waals surface area contributed by atoms with Gasteiger partial charge in [0, 0.05) is 33.9 Å². The van der Waals surface area contributed by atoms with Gasteiger partial charge in [-0.15, -0.1) is 0 Å². The molecule has 1 aliphatic rings. The fraction of sp³-hybridized carbons (Fsp3) is 0.346. The first-order chi connectivity index (χ1) is 14.7. The fourth-order valence-corrected chi connectivity index (χ4v) is 5.00. The molecule has 2 heterocycles. The van der Waals surface area contributed by atoms with Gasteiger partial charge in [0.25, 0.3) is 0 Å². The van der Waals surface area contributed by atoms with Crippen molar-refractivity contribution in [2.75, 3.05) is 19.6 Å². The van der Waals surface area contributed by atoms with Crippen molar-refractivity contribution in [2.45, 2.75) is 39.7 Å². The first kappa shape index (κ1) is 19.1. The van der Waals surface area contributed by atoms with Gasteiger partial charge in [-0.2, -0.15) is 0 Å². The second-order valence-corrected chi connectivity index (χ2v) is 8.19. The van der Waals surface area contributed by atoms with Crippen LogP contribution in [0.25, 0.3) is 38.8 Å². The van der Waals surface area contributed by atoms with Crippen LogP contribution in [0.4, 0.5) is 0 Å². The van der Waals surface area contributed by atoms with Gasteiger partial charge >= 0.3 is 0 Å². The molecule has 0 saturated carbocycles. The van der Waals surface area contributed by atoms with E-state index in [-0.39, 0.29) is 0 Å². The predicted octanol–water partition coefficient (Wildman–Crippen LogP) is 6.14. The number of nitrogens with zero attached hydrogens (tertiary/aromatic N) is 3. The van der Waals surface area contributed by atoms with Crippen LogP contribution in [0.15, 0.2) is 53.8 Å². The molecule has 0 radical (unpaired) electrons. The van der Waals surface area contributed by atoms with Gasteiger partial charge in [-0.25, -0.2) is 4.98 Å². The Bertz CT molecular complexity index is 1210. The van der Waals surface area contributed by atoms with Crippen molar-refractivity contribution in [1.29, 1.82) is 0 Å². The summed E-state index contributed by atoms with van der Waals surface area (Å²) in [6, 6.07) is 11.2. The van der Waals surface area contributed by atoms with E-state index in [1.54, 1.807) is 12.5 Å². The molecule has 0 spiro atoms. The SMILES string of the molecule is C=C1CCc2c1ccc1c2c2cc(-c3ncco3)ccc2n1CCCN(CC)CC. The van der Waals surface area contributed by atoms with Gasteiger partial charge in [0.15, 0.2) is 0 Å². The summed E-state index contributed by atoms with van der Waals surface area (Å²) in [5.74, 6) is 0.677. The molecule has 1 aliphatic carbocycles. The van der Waals surface area contributed by atoms with Crippen LogP contribution in [-0.4, -0.2) is 34.1 Å². The molecule has 0 fully saturated rings. The van der Waals surface area contributed by atoms with Crippen molar-refractivity contribution < 1.29 is 4.42 Å². The van der Waals surface area contributed by atoms with Crippen LogP contribution >= 0.6 is 0 Å². The largest absolute Gasteiger partial charge is 0.445 e. The minimum absolute atomic E-state index is 0.677. The highest BCUT2D eigenvalue weighted by atomic mass is 16.3. The zero-order valence-electron chi connectivity index (χ0n) is 17.9. The Kier molecular flexibility index (Phi) is 4.95. The number of benzene rings is 2. The summed E-state index contributed by atoms with van der Waals surface area (Å²) in [5, 5.41) is 2.69. The molecule has 0 unspecified atom stereocenters. The maximum Gasteiger partial charge on any atom is 0.225 e. The lowest BCUT2D eigenvalue weighted by Crippen LogP contribution is -2.24. The number of fused-ring (bicyclic) bond motifs is 5. The molecule has 4 nitrogen and oxygen atoms in total. The quantitative estimate of drug-likeness (QED) is 0.374. The van der Waals surface area contributed by atoms with Crippen LogP contribution in [0.2, 0.25) is 0 Å². The third kappa shape index (κ3) is 3.07. The van der Waals surface area contributed by atoms with Crippen molar-refractivity contribution >= 4 is 27.4 Å². The molecule has 0 saturated heterocycles. The summed E-state index contributed by atoms with van der Waals surface area (Å²) in [6.07, 6.45) is 6.62. The van der Waals surface area contributed by atoms with Gasteiger partial charge in [-0.05, 0) is 79.9 Å². The fourth-order valence-electron chi connectivity index (χ4n) is 5.00. The Balaban J connectivity index is 1.66. The summed E-state index contributed by atoms with van der Waals surface area (Å²) < 4.78 is 8.08. The minimum atomic E-state index is 0.677. The van der Waals surface area contributed by atoms with Gasteiger partial charge < -0.3 is 13.9 Å². The molecule has 0 bridgehead atoms. The molecule has 0 aliphatic heterocycles. The summed E-state index contributed by atoms with van der Waals surface area (Å²) >= 11 is 0. The topological polar surface area (TPSA) is 34.2 Å². The van der Waals surface area contributed by atoms with Crippen molar-refractivity contribution in [3.8, 4) is 11.5 Å². The van der Waals surface area contributed by atoms with Crippen molar-refractivity contribution in [2.24, 2.45) is 0 Å². The van der Waals surface area contributed by atoms with Crippen LogP contribution < -0.4 is 0 Å². The van der Waals surface area contributed by atoms with Gasteiger partial charge in [0.05, 0.1) is 6.20 Å². The maximum absolute atomic E-state index is 5.58. The van der Waals surface area contributed by atoms with E-state index in [0.717, 1.165) is 51.0 Å². The van der Waals surface area contributed by atoms with Gasteiger partial charge in [-0.1, -0.05) is 26.5 Å². The highest BCUT2D eigenvalue weighted by Gasteiger charge is 2.22. The average molecular weight is 400 g/mol.